The molecule has 35 heavy (non-hydrogen) atoms. The van der Waals surface area contributed by atoms with Crippen molar-refractivity contribution in [2.45, 2.75) is 12.3 Å². The second-order valence-corrected chi connectivity index (χ2v) is 8.11. The Hall–Kier alpha value is -4.39. The van der Waals surface area contributed by atoms with E-state index in [4.69, 9.17) is 4.74 Å². The minimum absolute atomic E-state index is 0.0132. The van der Waals surface area contributed by atoms with Crippen LogP contribution in [0.4, 0.5) is 4.79 Å². The minimum atomic E-state index is -0.994. The largest absolute Gasteiger partial charge is 0.478 e. The average molecular weight is 471 g/mol. The third-order valence-electron chi connectivity index (χ3n) is 5.92. The Morgan fingerprint density at radius 2 is 1.49 bits per heavy atom. The number of benzene rings is 3. The quantitative estimate of drug-likeness (QED) is 0.408. The Labute approximate surface area is 203 Å². The van der Waals surface area contributed by atoms with Crippen LogP contribution in [0.15, 0.2) is 84.9 Å². The van der Waals surface area contributed by atoms with Gasteiger partial charge in [0.1, 0.15) is 6.61 Å². The Bertz CT molecular complexity index is 1220. The summed E-state index contributed by atoms with van der Waals surface area (Å²) in [7, 11) is 0. The van der Waals surface area contributed by atoms with Crippen molar-refractivity contribution in [3.8, 4) is 11.1 Å². The van der Waals surface area contributed by atoms with E-state index in [0.717, 1.165) is 22.3 Å². The lowest BCUT2D eigenvalue weighted by atomic mass is 9.98. The SMILES string of the molecule is O=C(/C=C/CNC(=O)OCC1c2ccccc2-c2ccccc21)NCCc1ccccc1C(=O)O. The van der Waals surface area contributed by atoms with E-state index in [1.165, 1.54) is 18.2 Å². The number of carbonyl (C=O) groups excluding carboxylic acids is 2. The molecule has 1 aliphatic rings. The summed E-state index contributed by atoms with van der Waals surface area (Å²) in [5.41, 5.74) is 5.49. The highest BCUT2D eigenvalue weighted by Gasteiger charge is 2.28. The highest BCUT2D eigenvalue weighted by molar-refractivity contribution is 5.89. The molecule has 0 unspecified atom stereocenters. The van der Waals surface area contributed by atoms with Gasteiger partial charge in [-0.05, 0) is 40.3 Å². The summed E-state index contributed by atoms with van der Waals surface area (Å²) in [6, 6.07) is 22.9. The van der Waals surface area contributed by atoms with Gasteiger partial charge in [-0.3, -0.25) is 4.79 Å². The first kappa shape index (κ1) is 23.8. The Morgan fingerprint density at radius 1 is 0.857 bits per heavy atom. The van der Waals surface area contributed by atoms with Crippen molar-refractivity contribution in [2.24, 2.45) is 0 Å². The van der Waals surface area contributed by atoms with Crippen LogP contribution in [0.25, 0.3) is 11.1 Å². The summed E-state index contributed by atoms with van der Waals surface area (Å²) in [6.07, 6.45) is 2.71. The number of aromatic carboxylic acids is 1. The first-order valence-corrected chi connectivity index (χ1v) is 11.4. The predicted molar refractivity (Wildman–Crippen MR) is 132 cm³/mol. The summed E-state index contributed by atoms with van der Waals surface area (Å²) in [5.74, 6) is -1.33. The van der Waals surface area contributed by atoms with Crippen LogP contribution in [0.3, 0.4) is 0 Å². The molecule has 178 valence electrons. The number of carboxylic acids is 1. The number of carbonyl (C=O) groups is 3. The first-order chi connectivity index (χ1) is 17.0. The molecule has 0 aliphatic heterocycles. The number of rotatable bonds is 9. The lowest BCUT2D eigenvalue weighted by Crippen LogP contribution is -2.27. The van der Waals surface area contributed by atoms with E-state index in [1.54, 1.807) is 18.2 Å². The molecule has 7 heteroatoms. The molecular weight excluding hydrogens is 444 g/mol. The Kier molecular flexibility index (Phi) is 7.57. The fourth-order valence-electron chi connectivity index (χ4n) is 4.28. The minimum Gasteiger partial charge on any atom is -0.478 e. The summed E-state index contributed by atoms with van der Waals surface area (Å²) in [5, 5.41) is 14.5. The standard InChI is InChI=1S/C28H26N2O5/c31-26(29-17-15-19-8-1-2-9-20(19)27(32)33)14-7-16-30-28(34)35-18-25-23-12-5-3-10-21(23)22-11-4-6-13-24(22)25/h1-14,25H,15-18H2,(H,29,31)(H,30,34)(H,32,33)/b14-7+. The van der Waals surface area contributed by atoms with Gasteiger partial charge in [-0.25, -0.2) is 9.59 Å². The van der Waals surface area contributed by atoms with E-state index >= 15 is 0 Å². The van der Waals surface area contributed by atoms with Gasteiger partial charge in [-0.2, -0.15) is 0 Å². The Morgan fingerprint density at radius 3 is 2.17 bits per heavy atom. The summed E-state index contributed by atoms with van der Waals surface area (Å²) < 4.78 is 5.46. The second-order valence-electron chi connectivity index (χ2n) is 8.11. The van der Waals surface area contributed by atoms with Gasteiger partial charge in [0.2, 0.25) is 5.91 Å². The molecule has 0 saturated carbocycles. The van der Waals surface area contributed by atoms with Crippen LogP contribution >= 0.6 is 0 Å². The molecule has 0 radical (unpaired) electrons. The number of nitrogens with one attached hydrogen (secondary N) is 2. The zero-order valence-corrected chi connectivity index (χ0v) is 19.1. The fraction of sp³-hybridized carbons (Fsp3) is 0.179. The smallest absolute Gasteiger partial charge is 0.407 e. The predicted octanol–water partition coefficient (Wildman–Crippen LogP) is 4.14. The molecule has 4 rings (SSSR count). The van der Waals surface area contributed by atoms with Crippen molar-refractivity contribution in [1.82, 2.24) is 10.6 Å². The van der Waals surface area contributed by atoms with Crippen molar-refractivity contribution in [1.29, 1.82) is 0 Å². The van der Waals surface area contributed by atoms with Crippen molar-refractivity contribution in [2.75, 3.05) is 19.7 Å². The maximum absolute atomic E-state index is 12.2. The van der Waals surface area contributed by atoms with Crippen molar-refractivity contribution in [3.05, 3.63) is 107 Å². The topological polar surface area (TPSA) is 105 Å². The zero-order valence-electron chi connectivity index (χ0n) is 19.1. The number of amides is 2. The summed E-state index contributed by atoms with van der Waals surface area (Å²) in [6.45, 7) is 0.668. The maximum atomic E-state index is 12.2. The second kappa shape index (κ2) is 11.2. The van der Waals surface area contributed by atoms with E-state index in [9.17, 15) is 19.5 Å². The van der Waals surface area contributed by atoms with Gasteiger partial charge >= 0.3 is 12.1 Å². The fourth-order valence-corrected chi connectivity index (χ4v) is 4.28. The van der Waals surface area contributed by atoms with Crippen molar-refractivity contribution >= 4 is 18.0 Å². The number of ether oxygens (including phenoxy) is 1. The van der Waals surface area contributed by atoms with Crippen LogP contribution in [-0.4, -0.2) is 42.8 Å². The summed E-state index contributed by atoms with van der Waals surface area (Å²) >= 11 is 0. The van der Waals surface area contributed by atoms with Gasteiger partial charge in [-0.15, -0.1) is 0 Å². The average Bonchev–Trinajstić information content (AvgIpc) is 3.19. The van der Waals surface area contributed by atoms with Crippen molar-refractivity contribution < 1.29 is 24.2 Å². The number of hydrogen-bond donors (Lipinski definition) is 3. The van der Waals surface area contributed by atoms with Gasteiger partial charge in [0, 0.05) is 25.1 Å². The molecule has 3 N–H and O–H groups in total. The maximum Gasteiger partial charge on any atom is 0.407 e. The molecule has 0 saturated heterocycles. The van der Waals surface area contributed by atoms with Crippen LogP contribution in [0.1, 0.15) is 33.0 Å². The van der Waals surface area contributed by atoms with Gasteiger partial charge in [-0.1, -0.05) is 72.8 Å². The van der Waals surface area contributed by atoms with E-state index in [-0.39, 0.29) is 30.5 Å². The molecule has 3 aromatic carbocycles. The van der Waals surface area contributed by atoms with Crippen LogP contribution in [0.5, 0.6) is 0 Å². The highest BCUT2D eigenvalue weighted by Crippen LogP contribution is 2.44. The highest BCUT2D eigenvalue weighted by atomic mass is 16.5. The normalized spacial score (nSPS) is 12.1. The monoisotopic (exact) mass is 470 g/mol. The molecular formula is C28H26N2O5. The molecule has 1 aliphatic carbocycles. The van der Waals surface area contributed by atoms with Crippen LogP contribution in [0, 0.1) is 0 Å². The van der Waals surface area contributed by atoms with Crippen LogP contribution < -0.4 is 10.6 Å². The first-order valence-electron chi connectivity index (χ1n) is 11.4. The third-order valence-corrected chi connectivity index (χ3v) is 5.92. The molecule has 0 heterocycles. The lowest BCUT2D eigenvalue weighted by molar-refractivity contribution is -0.116. The van der Waals surface area contributed by atoms with Crippen LogP contribution in [0.2, 0.25) is 0 Å². The Balaban J connectivity index is 1.19. The number of hydrogen-bond acceptors (Lipinski definition) is 4. The zero-order chi connectivity index (χ0) is 24.6. The molecule has 0 aromatic heterocycles. The molecule has 2 amide bonds. The van der Waals surface area contributed by atoms with E-state index in [2.05, 4.69) is 34.9 Å². The molecule has 0 bridgehead atoms. The van der Waals surface area contributed by atoms with Crippen molar-refractivity contribution in [3.63, 3.8) is 0 Å². The van der Waals surface area contributed by atoms with Gasteiger partial charge in [0.15, 0.2) is 0 Å². The molecule has 0 spiro atoms. The van der Waals surface area contributed by atoms with Crippen LogP contribution in [-0.2, 0) is 16.0 Å². The van der Waals surface area contributed by atoms with Gasteiger partial charge in [0.05, 0.1) is 5.56 Å². The van der Waals surface area contributed by atoms with E-state index < -0.39 is 12.1 Å². The number of alkyl carbamates (subject to hydrolysis) is 1. The molecule has 0 fully saturated rings. The van der Waals surface area contributed by atoms with Gasteiger partial charge < -0.3 is 20.5 Å². The van der Waals surface area contributed by atoms with Gasteiger partial charge in [0.25, 0.3) is 0 Å². The van der Waals surface area contributed by atoms with E-state index in [1.807, 2.05) is 24.3 Å². The summed E-state index contributed by atoms with van der Waals surface area (Å²) in [4.78, 5) is 35.4. The molecule has 3 aromatic rings. The number of carboxylic acid groups (broad SMARTS) is 1. The molecule has 0 atom stereocenters. The number of fused-ring (bicyclic) bond motifs is 3. The lowest BCUT2D eigenvalue weighted by Gasteiger charge is -2.14. The molecule has 7 nitrogen and oxygen atoms in total. The van der Waals surface area contributed by atoms with E-state index in [0.29, 0.717) is 18.5 Å². The third kappa shape index (κ3) is 5.76.